The Kier molecular flexibility index (Phi) is 6.21. The van der Waals surface area contributed by atoms with Gasteiger partial charge in [-0.1, -0.05) is 5.92 Å². The van der Waals surface area contributed by atoms with E-state index in [-0.39, 0.29) is 17.5 Å². The summed E-state index contributed by atoms with van der Waals surface area (Å²) in [4.78, 5) is 10.7. The van der Waals surface area contributed by atoms with E-state index in [1.807, 2.05) is 0 Å². The first-order valence-electron chi connectivity index (χ1n) is 4.72. The number of rotatable bonds is 6. The zero-order valence-electron chi connectivity index (χ0n) is 8.99. The van der Waals surface area contributed by atoms with Crippen molar-refractivity contribution in [3.8, 4) is 11.8 Å². The zero-order chi connectivity index (χ0) is 11.9. The first-order chi connectivity index (χ1) is 6.85. The largest absolute Gasteiger partial charge is 0.300 e. The van der Waals surface area contributed by atoms with Crippen molar-refractivity contribution in [2.24, 2.45) is 5.92 Å². The van der Waals surface area contributed by atoms with Crippen LogP contribution in [0.4, 0.5) is 0 Å². The van der Waals surface area contributed by atoms with Crippen LogP contribution in [0, 0.1) is 17.8 Å². The normalized spacial score (nSPS) is 12.7. The second-order valence-corrected chi connectivity index (χ2v) is 4.93. The van der Waals surface area contributed by atoms with E-state index in [1.165, 1.54) is 6.92 Å². The van der Waals surface area contributed by atoms with Gasteiger partial charge in [0, 0.05) is 12.3 Å². The lowest BCUT2D eigenvalue weighted by Gasteiger charge is -2.07. The number of ketones is 1. The highest BCUT2D eigenvalue weighted by atomic mass is 32.2. The Labute approximate surface area is 90.8 Å². The molecule has 0 saturated heterocycles. The van der Waals surface area contributed by atoms with E-state index in [9.17, 15) is 13.2 Å². The van der Waals surface area contributed by atoms with E-state index in [4.69, 9.17) is 4.55 Å². The summed E-state index contributed by atoms with van der Waals surface area (Å²) < 4.78 is 29.9. The van der Waals surface area contributed by atoms with Gasteiger partial charge in [0.05, 0.1) is 5.75 Å². The molecule has 15 heavy (non-hydrogen) atoms. The van der Waals surface area contributed by atoms with Crippen molar-refractivity contribution < 1.29 is 17.8 Å². The second-order valence-electron chi connectivity index (χ2n) is 3.43. The lowest BCUT2D eigenvalue weighted by molar-refractivity contribution is -0.117. The lowest BCUT2D eigenvalue weighted by atomic mass is 10.0. The molecule has 4 nitrogen and oxygen atoms in total. The molecule has 0 rings (SSSR count). The molecule has 0 bridgehead atoms. The predicted molar refractivity (Wildman–Crippen MR) is 57.9 cm³/mol. The van der Waals surface area contributed by atoms with Crippen molar-refractivity contribution in [2.45, 2.75) is 33.1 Å². The third kappa shape index (κ3) is 9.44. The highest BCUT2D eigenvalue weighted by molar-refractivity contribution is 7.85. The highest BCUT2D eigenvalue weighted by Gasteiger charge is 2.14. The Bertz CT molecular complexity index is 359. The van der Waals surface area contributed by atoms with Crippen LogP contribution in [-0.4, -0.2) is 24.5 Å². The maximum absolute atomic E-state index is 10.7. The number of carbonyl (C=O) groups is 1. The highest BCUT2D eigenvalue weighted by Crippen LogP contribution is 2.10. The third-order valence-corrected chi connectivity index (χ3v) is 2.67. The van der Waals surface area contributed by atoms with Crippen LogP contribution in [-0.2, 0) is 14.9 Å². The van der Waals surface area contributed by atoms with E-state index < -0.39 is 10.1 Å². The van der Waals surface area contributed by atoms with Gasteiger partial charge in [-0.3, -0.25) is 4.55 Å². The lowest BCUT2D eigenvalue weighted by Crippen LogP contribution is -2.14. The summed E-state index contributed by atoms with van der Waals surface area (Å²) in [6, 6.07) is 0. The van der Waals surface area contributed by atoms with Crippen LogP contribution in [0.2, 0.25) is 0 Å². The fourth-order valence-corrected chi connectivity index (χ4v) is 2.01. The van der Waals surface area contributed by atoms with Crippen molar-refractivity contribution in [3.63, 3.8) is 0 Å². The third-order valence-electron chi connectivity index (χ3n) is 1.84. The van der Waals surface area contributed by atoms with Crippen LogP contribution >= 0.6 is 0 Å². The number of hydrogen-bond acceptors (Lipinski definition) is 3. The molecule has 0 aromatic carbocycles. The Morgan fingerprint density at radius 1 is 1.47 bits per heavy atom. The summed E-state index contributed by atoms with van der Waals surface area (Å²) in [7, 11) is -3.98. The quantitative estimate of drug-likeness (QED) is 0.553. The van der Waals surface area contributed by atoms with E-state index in [1.54, 1.807) is 6.92 Å². The van der Waals surface area contributed by atoms with Gasteiger partial charge in [-0.2, -0.15) is 8.42 Å². The minimum absolute atomic E-state index is 0.0741. The topological polar surface area (TPSA) is 71.4 Å². The van der Waals surface area contributed by atoms with Crippen LogP contribution in [0.25, 0.3) is 0 Å². The molecule has 0 saturated carbocycles. The molecule has 0 aliphatic rings. The maximum atomic E-state index is 10.7. The molecule has 1 N–H and O–H groups in total. The van der Waals surface area contributed by atoms with Gasteiger partial charge in [0.15, 0.2) is 0 Å². The van der Waals surface area contributed by atoms with E-state index >= 15 is 0 Å². The number of carbonyl (C=O) groups excluding carboxylic acids is 1. The van der Waals surface area contributed by atoms with Gasteiger partial charge < -0.3 is 4.79 Å². The minimum atomic E-state index is -3.98. The van der Waals surface area contributed by atoms with Gasteiger partial charge in [0.25, 0.3) is 10.1 Å². The zero-order valence-corrected chi connectivity index (χ0v) is 9.80. The van der Waals surface area contributed by atoms with Gasteiger partial charge in [0.2, 0.25) is 0 Å². The summed E-state index contributed by atoms with van der Waals surface area (Å²) >= 11 is 0. The van der Waals surface area contributed by atoms with Crippen LogP contribution in [0.5, 0.6) is 0 Å². The molecule has 0 aromatic rings. The van der Waals surface area contributed by atoms with Crippen molar-refractivity contribution in [1.82, 2.24) is 0 Å². The van der Waals surface area contributed by atoms with E-state index in [0.717, 1.165) is 0 Å². The molecule has 0 heterocycles. The second kappa shape index (κ2) is 6.59. The standard InChI is InChI=1S/C10H16O4S/c1-3-5-10(8-15(12,13)14)7-4-6-9(2)11/h10H,4,6-8H2,1-2H3,(H,12,13,14). The smallest absolute Gasteiger partial charge is 0.266 e. The average Bonchev–Trinajstić information content (AvgIpc) is 2.00. The molecule has 5 heteroatoms. The molecular formula is C10H16O4S. The van der Waals surface area contributed by atoms with E-state index in [2.05, 4.69) is 11.8 Å². The Morgan fingerprint density at radius 3 is 2.47 bits per heavy atom. The summed E-state index contributed by atoms with van der Waals surface area (Å²) in [5.74, 6) is 4.66. The van der Waals surface area contributed by atoms with Crippen LogP contribution in [0.15, 0.2) is 0 Å². The van der Waals surface area contributed by atoms with Gasteiger partial charge in [-0.25, -0.2) is 0 Å². The fourth-order valence-electron chi connectivity index (χ4n) is 1.25. The SMILES string of the molecule is CC#CC(CCCC(C)=O)CS(=O)(=O)O. The van der Waals surface area contributed by atoms with Crippen molar-refractivity contribution >= 4 is 15.9 Å². The molecule has 0 aliphatic heterocycles. The Balaban J connectivity index is 4.16. The molecular weight excluding hydrogens is 216 g/mol. The molecule has 0 spiro atoms. The van der Waals surface area contributed by atoms with Crippen molar-refractivity contribution in [2.75, 3.05) is 5.75 Å². The monoisotopic (exact) mass is 232 g/mol. The van der Waals surface area contributed by atoms with E-state index in [0.29, 0.717) is 19.3 Å². The fraction of sp³-hybridized carbons (Fsp3) is 0.700. The van der Waals surface area contributed by atoms with Gasteiger partial charge in [0.1, 0.15) is 5.78 Å². The first-order valence-corrected chi connectivity index (χ1v) is 6.33. The molecule has 1 unspecified atom stereocenters. The molecule has 0 fully saturated rings. The molecule has 1 atom stereocenters. The average molecular weight is 232 g/mol. The minimum Gasteiger partial charge on any atom is -0.300 e. The summed E-state index contributed by atoms with van der Waals surface area (Å²) in [6.07, 6.45) is 1.54. The predicted octanol–water partition coefficient (Wildman–Crippen LogP) is 1.27. The summed E-state index contributed by atoms with van der Waals surface area (Å²) in [5, 5.41) is 0. The van der Waals surface area contributed by atoms with Crippen molar-refractivity contribution in [3.05, 3.63) is 0 Å². The summed E-state index contributed by atoms with van der Waals surface area (Å²) in [5.41, 5.74) is 0. The van der Waals surface area contributed by atoms with Crippen LogP contribution < -0.4 is 0 Å². The molecule has 0 aromatic heterocycles. The van der Waals surface area contributed by atoms with Crippen molar-refractivity contribution in [1.29, 1.82) is 0 Å². The number of hydrogen-bond donors (Lipinski definition) is 1. The molecule has 0 radical (unpaired) electrons. The molecule has 86 valence electrons. The summed E-state index contributed by atoms with van der Waals surface area (Å²) in [6.45, 7) is 3.10. The van der Waals surface area contributed by atoms with Gasteiger partial charge in [-0.15, -0.1) is 5.92 Å². The van der Waals surface area contributed by atoms with Gasteiger partial charge >= 0.3 is 0 Å². The number of Topliss-reactive ketones (excluding diaryl/α,β-unsaturated/α-hetero) is 1. The molecule has 0 aliphatic carbocycles. The molecule has 0 amide bonds. The Morgan fingerprint density at radius 2 is 2.07 bits per heavy atom. The maximum Gasteiger partial charge on any atom is 0.266 e. The van der Waals surface area contributed by atoms with Crippen LogP contribution in [0.1, 0.15) is 33.1 Å². The Hall–Kier alpha value is -0.860. The van der Waals surface area contributed by atoms with Gasteiger partial charge in [-0.05, 0) is 26.7 Å². The van der Waals surface area contributed by atoms with Crippen LogP contribution in [0.3, 0.4) is 0 Å². The first kappa shape index (κ1) is 14.1.